The lowest BCUT2D eigenvalue weighted by atomic mass is 9.52. The number of rotatable bonds is 7. The van der Waals surface area contributed by atoms with Crippen molar-refractivity contribution in [2.24, 2.45) is 5.41 Å². The highest BCUT2D eigenvalue weighted by atomic mass is 16.3. The molecule has 3 unspecified atom stereocenters. The van der Waals surface area contributed by atoms with Crippen LogP contribution in [0.15, 0.2) is 47.1 Å². The number of nitrogens with zero attached hydrogens (tertiary/aromatic N) is 2. The number of anilines is 1. The minimum absolute atomic E-state index is 0.118. The van der Waals surface area contributed by atoms with Crippen molar-refractivity contribution in [2.45, 2.75) is 91.1 Å². The first-order valence-corrected chi connectivity index (χ1v) is 13.1. The van der Waals surface area contributed by atoms with Crippen LogP contribution in [0.25, 0.3) is 21.9 Å². The maximum Gasteiger partial charge on any atom is 0.159 e. The Labute approximate surface area is 199 Å². The SMILES string of the molecule is CCCCc1ccc2oc3c4c(ccc3c2c1)C(CC)(CCC)C(C)(CC)C1N(C)C=CN41. The molecule has 3 nitrogen and oxygen atoms in total. The van der Waals surface area contributed by atoms with Gasteiger partial charge in [-0.1, -0.05) is 65.7 Å². The molecule has 3 atom stereocenters. The number of hydrogen-bond donors (Lipinski definition) is 0. The van der Waals surface area contributed by atoms with Gasteiger partial charge in [-0.15, -0.1) is 0 Å². The molecule has 3 heterocycles. The van der Waals surface area contributed by atoms with E-state index in [1.54, 1.807) is 0 Å². The summed E-state index contributed by atoms with van der Waals surface area (Å²) >= 11 is 0. The summed E-state index contributed by atoms with van der Waals surface area (Å²) in [6.07, 6.45) is 13.1. The first-order valence-electron chi connectivity index (χ1n) is 13.1. The molecule has 5 rings (SSSR count). The monoisotopic (exact) mass is 444 g/mol. The molecule has 0 saturated heterocycles. The molecule has 1 aromatic heterocycles. The number of aryl methyl sites for hydroxylation is 1. The minimum atomic E-state index is 0.118. The minimum Gasteiger partial charge on any atom is -0.454 e. The van der Waals surface area contributed by atoms with Gasteiger partial charge in [-0.05, 0) is 55.4 Å². The molecule has 0 fully saturated rings. The number of furan rings is 1. The molecule has 2 aliphatic rings. The summed E-state index contributed by atoms with van der Waals surface area (Å²) in [5.41, 5.74) is 6.51. The lowest BCUT2D eigenvalue weighted by Gasteiger charge is -2.60. The van der Waals surface area contributed by atoms with Crippen molar-refractivity contribution in [3.8, 4) is 0 Å². The molecule has 0 N–H and O–H groups in total. The first kappa shape index (κ1) is 22.4. The Balaban J connectivity index is 1.81. The Morgan fingerprint density at radius 1 is 0.939 bits per heavy atom. The molecule has 0 amide bonds. The van der Waals surface area contributed by atoms with Gasteiger partial charge >= 0.3 is 0 Å². The van der Waals surface area contributed by atoms with E-state index in [4.69, 9.17) is 4.42 Å². The van der Waals surface area contributed by atoms with Gasteiger partial charge in [-0.25, -0.2) is 0 Å². The molecule has 3 heteroatoms. The molecule has 33 heavy (non-hydrogen) atoms. The van der Waals surface area contributed by atoms with E-state index in [0.717, 1.165) is 30.4 Å². The average Bonchev–Trinajstić information content (AvgIpc) is 3.40. The van der Waals surface area contributed by atoms with Gasteiger partial charge in [-0.2, -0.15) is 0 Å². The van der Waals surface area contributed by atoms with Crippen LogP contribution in [0.2, 0.25) is 0 Å². The first-order chi connectivity index (χ1) is 16.0. The molecule has 176 valence electrons. The van der Waals surface area contributed by atoms with Crippen LogP contribution in [0.5, 0.6) is 0 Å². The highest BCUT2D eigenvalue weighted by Gasteiger charge is 2.59. The largest absolute Gasteiger partial charge is 0.454 e. The van der Waals surface area contributed by atoms with Gasteiger partial charge in [0.25, 0.3) is 0 Å². The fraction of sp³-hybridized carbons (Fsp3) is 0.533. The second-order valence-corrected chi connectivity index (χ2v) is 10.6. The topological polar surface area (TPSA) is 19.6 Å². The fourth-order valence-electron chi connectivity index (χ4n) is 7.24. The van der Waals surface area contributed by atoms with Crippen LogP contribution in [0, 0.1) is 5.41 Å². The number of hydrogen-bond acceptors (Lipinski definition) is 3. The summed E-state index contributed by atoms with van der Waals surface area (Å²) in [6, 6.07) is 11.6. The molecule has 0 bridgehead atoms. The van der Waals surface area contributed by atoms with Gasteiger partial charge in [0.1, 0.15) is 11.7 Å². The molecule has 0 aliphatic carbocycles. The second-order valence-electron chi connectivity index (χ2n) is 10.6. The Morgan fingerprint density at radius 2 is 1.76 bits per heavy atom. The molecule has 0 saturated carbocycles. The second kappa shape index (κ2) is 8.11. The van der Waals surface area contributed by atoms with Gasteiger partial charge in [0, 0.05) is 41.1 Å². The van der Waals surface area contributed by atoms with E-state index in [2.05, 4.69) is 94.2 Å². The Kier molecular flexibility index (Phi) is 5.50. The zero-order valence-corrected chi connectivity index (χ0v) is 21.4. The van der Waals surface area contributed by atoms with Crippen LogP contribution >= 0.6 is 0 Å². The standard InChI is InChI=1S/C30H40N2O/c1-7-11-12-21-13-16-25-23(20-21)22-14-15-24-26(27(22)33-25)32-19-18-31(6)28(32)29(5,9-3)30(24,10-4)17-8-2/h13-16,18-20,28H,7-12,17H2,1-6H3. The summed E-state index contributed by atoms with van der Waals surface area (Å²) in [4.78, 5) is 4.95. The van der Waals surface area contributed by atoms with Gasteiger partial charge in [0.2, 0.25) is 0 Å². The lowest BCUT2D eigenvalue weighted by molar-refractivity contribution is 0.0224. The summed E-state index contributed by atoms with van der Waals surface area (Å²) in [5, 5.41) is 2.52. The lowest BCUT2D eigenvalue weighted by Crippen LogP contribution is -2.62. The predicted octanol–water partition coefficient (Wildman–Crippen LogP) is 8.36. The molecule has 2 aliphatic heterocycles. The third-order valence-electron chi connectivity index (χ3n) is 9.06. The van der Waals surface area contributed by atoms with Crippen molar-refractivity contribution < 1.29 is 4.42 Å². The predicted molar refractivity (Wildman–Crippen MR) is 141 cm³/mol. The van der Waals surface area contributed by atoms with E-state index < -0.39 is 0 Å². The van der Waals surface area contributed by atoms with Crippen LogP contribution in [0.1, 0.15) is 84.3 Å². The summed E-state index contributed by atoms with van der Waals surface area (Å²) in [5.74, 6) is 0. The van der Waals surface area contributed by atoms with Crippen molar-refractivity contribution in [2.75, 3.05) is 11.9 Å². The molecule has 2 aromatic carbocycles. The number of benzene rings is 2. The molecular formula is C30H40N2O. The Bertz CT molecular complexity index is 1210. The molecule has 0 spiro atoms. The van der Waals surface area contributed by atoms with Crippen LogP contribution in [-0.2, 0) is 11.8 Å². The summed E-state index contributed by atoms with van der Waals surface area (Å²) in [6.45, 7) is 11.9. The summed E-state index contributed by atoms with van der Waals surface area (Å²) < 4.78 is 6.68. The third kappa shape index (κ3) is 2.93. The number of fused-ring (bicyclic) bond motifs is 7. The smallest absolute Gasteiger partial charge is 0.159 e. The van der Waals surface area contributed by atoms with E-state index >= 15 is 0 Å². The molecule has 3 aromatic rings. The van der Waals surface area contributed by atoms with Crippen LogP contribution < -0.4 is 4.90 Å². The van der Waals surface area contributed by atoms with Gasteiger partial charge in [0.05, 0.1) is 5.69 Å². The third-order valence-corrected chi connectivity index (χ3v) is 9.06. The van der Waals surface area contributed by atoms with Gasteiger partial charge in [0.15, 0.2) is 5.58 Å². The average molecular weight is 445 g/mol. The Morgan fingerprint density at radius 3 is 2.45 bits per heavy atom. The van der Waals surface area contributed by atoms with Gasteiger partial charge in [-0.3, -0.25) is 0 Å². The highest BCUT2D eigenvalue weighted by Crippen LogP contribution is 2.62. The zero-order valence-electron chi connectivity index (χ0n) is 21.4. The normalized spacial score (nSPS) is 26.4. The van der Waals surface area contributed by atoms with Crippen molar-refractivity contribution in [3.05, 3.63) is 53.9 Å². The fourth-order valence-corrected chi connectivity index (χ4v) is 7.24. The van der Waals surface area contributed by atoms with E-state index in [1.807, 2.05) is 0 Å². The van der Waals surface area contributed by atoms with Crippen LogP contribution in [0.3, 0.4) is 0 Å². The molecular weight excluding hydrogens is 404 g/mol. The Hall–Kier alpha value is -2.42. The van der Waals surface area contributed by atoms with E-state index in [1.165, 1.54) is 53.3 Å². The van der Waals surface area contributed by atoms with Crippen molar-refractivity contribution in [1.82, 2.24) is 4.90 Å². The van der Waals surface area contributed by atoms with Crippen molar-refractivity contribution in [3.63, 3.8) is 0 Å². The molecule has 0 radical (unpaired) electrons. The highest BCUT2D eigenvalue weighted by molar-refractivity contribution is 6.10. The summed E-state index contributed by atoms with van der Waals surface area (Å²) in [7, 11) is 2.24. The van der Waals surface area contributed by atoms with Crippen LogP contribution in [-0.4, -0.2) is 18.1 Å². The zero-order chi connectivity index (χ0) is 23.4. The quantitative estimate of drug-likeness (QED) is 0.365. The van der Waals surface area contributed by atoms with Gasteiger partial charge < -0.3 is 14.2 Å². The maximum atomic E-state index is 6.68. The van der Waals surface area contributed by atoms with Crippen LogP contribution in [0.4, 0.5) is 5.69 Å². The maximum absolute atomic E-state index is 6.68. The van der Waals surface area contributed by atoms with E-state index in [0.29, 0.717) is 6.17 Å². The van der Waals surface area contributed by atoms with Crippen molar-refractivity contribution in [1.29, 1.82) is 0 Å². The van der Waals surface area contributed by atoms with E-state index in [-0.39, 0.29) is 10.8 Å². The van der Waals surface area contributed by atoms with Crippen molar-refractivity contribution >= 4 is 27.6 Å². The number of unbranched alkanes of at least 4 members (excludes halogenated alkanes) is 1. The van der Waals surface area contributed by atoms with E-state index in [9.17, 15) is 0 Å².